The smallest absolute Gasteiger partial charge is 0.215 e. The fraction of sp³-hybridized carbons (Fsp3) is 0. The Bertz CT molecular complexity index is 473. The van der Waals surface area contributed by atoms with Crippen LogP contribution >= 0.6 is 0 Å². The molecule has 0 saturated heterocycles. The van der Waals surface area contributed by atoms with Crippen LogP contribution in [0.1, 0.15) is 0 Å². The van der Waals surface area contributed by atoms with E-state index in [-0.39, 0.29) is 20.1 Å². The Labute approximate surface area is 131 Å². The zero-order valence-corrected chi connectivity index (χ0v) is 14.3. The summed E-state index contributed by atoms with van der Waals surface area (Å²) in [6, 6.07) is 0. The quantitative estimate of drug-likeness (QED) is 0.157. The summed E-state index contributed by atoms with van der Waals surface area (Å²) < 4.78 is 131. The molecule has 0 aliphatic heterocycles. The molecule has 21 heteroatoms. The summed E-state index contributed by atoms with van der Waals surface area (Å²) in [5, 5.41) is 0. The zero-order chi connectivity index (χ0) is 18.0. The van der Waals surface area contributed by atoms with Crippen LogP contribution in [0.2, 0.25) is 0 Å². The molecule has 1 radical (unpaired) electrons. The van der Waals surface area contributed by atoms with Gasteiger partial charge in [0, 0.05) is 20.1 Å². The molecule has 137 valence electrons. The van der Waals surface area contributed by atoms with Gasteiger partial charge in [-0.05, 0) is 0 Å². The van der Waals surface area contributed by atoms with Crippen molar-refractivity contribution in [2.24, 2.45) is 0 Å². The molecule has 0 spiro atoms. The minimum Gasteiger partial charge on any atom is -0.726 e. The third-order valence-corrected chi connectivity index (χ3v) is 0. The van der Waals surface area contributed by atoms with E-state index < -0.39 is 41.6 Å². The average molecular weight is 581 g/mol. The van der Waals surface area contributed by atoms with Crippen molar-refractivity contribution >= 4 is 41.6 Å². The van der Waals surface area contributed by atoms with Gasteiger partial charge in [-0.2, -0.15) is 0 Å². The summed E-state index contributed by atoms with van der Waals surface area (Å²) in [5.41, 5.74) is 0. The molecule has 0 aromatic rings. The minimum absolute atomic E-state index is 0. The van der Waals surface area contributed by atoms with Gasteiger partial charge in [0.2, 0.25) is 41.6 Å². The fourth-order valence-corrected chi connectivity index (χ4v) is 0. The molecule has 0 bridgehead atoms. The van der Waals surface area contributed by atoms with Crippen LogP contribution in [-0.2, 0) is 61.7 Å². The van der Waals surface area contributed by atoms with E-state index in [0.717, 1.165) is 0 Å². The van der Waals surface area contributed by atoms with Gasteiger partial charge in [0.25, 0.3) is 0 Å². The van der Waals surface area contributed by atoms with E-state index in [1.165, 1.54) is 0 Å². The van der Waals surface area contributed by atoms with Crippen molar-refractivity contribution in [1.82, 2.24) is 0 Å². The summed E-state index contributed by atoms with van der Waals surface area (Å²) in [4.78, 5) is 0. The van der Waals surface area contributed by atoms with Crippen molar-refractivity contribution in [2.75, 3.05) is 0 Å². The molecule has 16 nitrogen and oxygen atoms in total. The normalized spacial score (nSPS) is 11.0. The van der Waals surface area contributed by atoms with E-state index in [2.05, 4.69) is 0 Å². The van der Waals surface area contributed by atoms with Gasteiger partial charge in [-0.1, -0.05) is 0 Å². The molecule has 0 rings (SSSR count). The molecule has 0 aromatic heterocycles. The second-order valence-corrected chi connectivity index (χ2v) is 5.13. The van der Waals surface area contributed by atoms with Crippen molar-refractivity contribution in [3.8, 4) is 0 Å². The van der Waals surface area contributed by atoms with Gasteiger partial charge in [-0.3, -0.25) is 18.2 Å². The predicted octanol–water partition coefficient (Wildman–Crippen LogP) is -3.98. The first-order valence-electron chi connectivity index (χ1n) is 2.73. The number of hydrogen-bond donors (Lipinski definition) is 4. The van der Waals surface area contributed by atoms with Crippen LogP contribution in [0.15, 0.2) is 0 Å². The Morgan fingerprint density at radius 3 is 0.429 bits per heavy atom. The minimum atomic E-state index is -4.92. The molecule has 0 heterocycles. The van der Waals surface area contributed by atoms with E-state index in [4.69, 9.17) is 70.1 Å². The van der Waals surface area contributed by atoms with Crippen LogP contribution in [0.3, 0.4) is 0 Å². The maximum Gasteiger partial charge on any atom is 0.215 e. The van der Waals surface area contributed by atoms with Gasteiger partial charge >= 0.3 is 0 Å². The molecular weight excluding hydrogens is 576 g/mol. The molecule has 0 atom stereocenters. The van der Waals surface area contributed by atoms with Crippen LogP contribution in [0.4, 0.5) is 0 Å². The molecule has 0 aromatic carbocycles. The Balaban J connectivity index is -0.0000000533. The SMILES string of the molecule is O=S(=O)([O-])O.O=S(=O)([O-])O.O=S(=O)([O-])O.O=S(=O)([O-])O.[Ir]. The molecule has 0 saturated carbocycles. The molecule has 21 heavy (non-hydrogen) atoms. The first-order chi connectivity index (χ1) is 8.00. The second kappa shape index (κ2) is 12.7. The third-order valence-electron chi connectivity index (χ3n) is 0. The maximum absolute atomic E-state index is 8.63. The van der Waals surface area contributed by atoms with Crippen molar-refractivity contribution in [3.63, 3.8) is 0 Å². The van der Waals surface area contributed by atoms with Crippen molar-refractivity contribution in [3.05, 3.63) is 0 Å². The molecule has 0 fully saturated rings. The first kappa shape index (κ1) is 32.9. The Kier molecular flexibility index (Phi) is 19.8. The van der Waals surface area contributed by atoms with E-state index in [1.807, 2.05) is 0 Å². The van der Waals surface area contributed by atoms with Crippen LogP contribution in [0, 0.1) is 0 Å². The summed E-state index contributed by atoms with van der Waals surface area (Å²) >= 11 is 0. The zero-order valence-electron chi connectivity index (χ0n) is 8.65. The monoisotopic (exact) mass is 581 g/mol. The molecule has 4 N–H and O–H groups in total. The van der Waals surface area contributed by atoms with Crippen molar-refractivity contribution in [2.45, 2.75) is 0 Å². The summed E-state index contributed by atoms with van der Waals surface area (Å²) in [5.74, 6) is 0. The molecule has 0 unspecified atom stereocenters. The van der Waals surface area contributed by atoms with Crippen LogP contribution in [-0.4, -0.2) is 70.1 Å². The first-order valence-corrected chi connectivity index (χ1v) is 8.19. The van der Waals surface area contributed by atoms with Gasteiger partial charge in [0.15, 0.2) is 0 Å². The molecule has 0 aliphatic rings. The molecule has 0 amide bonds. The van der Waals surface area contributed by atoms with Crippen molar-refractivity contribution in [1.29, 1.82) is 0 Å². The van der Waals surface area contributed by atoms with Gasteiger partial charge in [-0.25, -0.2) is 33.7 Å². The fourth-order valence-electron chi connectivity index (χ4n) is 0. The predicted molar refractivity (Wildman–Crippen MR) is 49.3 cm³/mol. The van der Waals surface area contributed by atoms with Gasteiger partial charge in [0.05, 0.1) is 0 Å². The van der Waals surface area contributed by atoms with Gasteiger partial charge in [0.1, 0.15) is 0 Å². The standard InChI is InChI=1S/Ir.4H2O4S/c;4*1-5(2,3)4/h;4*(H2,1,2,3,4)/p-4. The molecular formula is H4IrO16S4-4. The number of rotatable bonds is 0. The Hall–Kier alpha value is 0.129. The Morgan fingerprint density at radius 2 is 0.429 bits per heavy atom. The van der Waals surface area contributed by atoms with Gasteiger partial charge in [-0.15, -0.1) is 0 Å². The van der Waals surface area contributed by atoms with E-state index in [9.17, 15) is 0 Å². The topological polar surface area (TPSA) is 310 Å². The maximum atomic E-state index is 8.63. The average Bonchev–Trinajstić information content (AvgIpc) is 1.62. The van der Waals surface area contributed by atoms with E-state index in [0.29, 0.717) is 0 Å². The summed E-state index contributed by atoms with van der Waals surface area (Å²) in [6.45, 7) is 0. The largest absolute Gasteiger partial charge is 0.726 e. The van der Waals surface area contributed by atoms with E-state index >= 15 is 0 Å². The van der Waals surface area contributed by atoms with Gasteiger partial charge < -0.3 is 18.2 Å². The Morgan fingerprint density at radius 1 is 0.429 bits per heavy atom. The van der Waals surface area contributed by atoms with Crippen LogP contribution in [0.5, 0.6) is 0 Å². The number of hydrogen-bond acceptors (Lipinski definition) is 12. The van der Waals surface area contributed by atoms with Crippen LogP contribution < -0.4 is 0 Å². The van der Waals surface area contributed by atoms with E-state index in [1.54, 1.807) is 0 Å². The molecule has 0 aliphatic carbocycles. The third kappa shape index (κ3) is 395000. The summed E-state index contributed by atoms with van der Waals surface area (Å²) in [7, 11) is -19.7. The van der Waals surface area contributed by atoms with Crippen molar-refractivity contribution < 1.29 is 90.2 Å². The van der Waals surface area contributed by atoms with Crippen LogP contribution in [0.25, 0.3) is 0 Å². The second-order valence-electron chi connectivity index (χ2n) is 1.71. The summed E-state index contributed by atoms with van der Waals surface area (Å²) in [6.07, 6.45) is 0.